The lowest BCUT2D eigenvalue weighted by atomic mass is 10.3. The second kappa shape index (κ2) is 13.2. The van der Waals surface area contributed by atoms with Gasteiger partial charge in [0.2, 0.25) is 0 Å². The van der Waals surface area contributed by atoms with Crippen molar-refractivity contribution in [2.45, 2.75) is 11.3 Å². The molecule has 0 radical (unpaired) electrons. The summed E-state index contributed by atoms with van der Waals surface area (Å²) in [5, 5.41) is 16.3. The standard InChI is InChI=1S/C12H13BrN4OS.C7H10N2S/c13-9-7-14-8-17-11(9)15-4-2-5-16-12(18)10-3-1-6-19-10;1-9-6-2-4-7(10-8)5-3-6/h1,3,6-8H,2,4-5H2,(H,16,18)(H,14,15,17);2-5,9H,8H2,1H3. The van der Waals surface area contributed by atoms with E-state index in [4.69, 9.17) is 5.14 Å². The summed E-state index contributed by atoms with van der Waals surface area (Å²) in [6.45, 7) is 1.37. The summed E-state index contributed by atoms with van der Waals surface area (Å²) >= 11 is 6.06. The number of amides is 1. The van der Waals surface area contributed by atoms with Gasteiger partial charge in [0.15, 0.2) is 0 Å². The molecule has 0 aliphatic heterocycles. The van der Waals surface area contributed by atoms with Gasteiger partial charge < -0.3 is 16.0 Å². The van der Waals surface area contributed by atoms with Gasteiger partial charge in [-0.15, -0.1) is 11.3 Å². The van der Waals surface area contributed by atoms with Crippen molar-refractivity contribution in [2.75, 3.05) is 30.8 Å². The number of nitrogens with two attached hydrogens (primary N) is 1. The first-order chi connectivity index (χ1) is 14.1. The average molecular weight is 495 g/mol. The number of rotatable bonds is 8. The van der Waals surface area contributed by atoms with Gasteiger partial charge in [-0.1, -0.05) is 6.07 Å². The van der Waals surface area contributed by atoms with Crippen LogP contribution in [-0.4, -0.2) is 36.0 Å². The number of hydrogen-bond acceptors (Lipinski definition) is 8. The molecule has 0 aliphatic rings. The molecule has 0 bridgehead atoms. The highest BCUT2D eigenvalue weighted by Crippen LogP contribution is 2.16. The number of nitrogens with one attached hydrogen (secondary N) is 3. The van der Waals surface area contributed by atoms with Crippen LogP contribution in [0.15, 0.2) is 63.7 Å². The minimum Gasteiger partial charge on any atom is -0.388 e. The quantitative estimate of drug-likeness (QED) is 0.274. The minimum absolute atomic E-state index is 0.0155. The van der Waals surface area contributed by atoms with Crippen LogP contribution in [0, 0.1) is 0 Å². The van der Waals surface area contributed by atoms with Gasteiger partial charge in [0.25, 0.3) is 5.91 Å². The Balaban J connectivity index is 0.000000253. The molecule has 0 saturated heterocycles. The third-order valence-corrected chi connectivity index (χ3v) is 5.62. The van der Waals surface area contributed by atoms with Gasteiger partial charge in [-0.3, -0.25) is 9.93 Å². The number of carbonyl (C=O) groups is 1. The van der Waals surface area contributed by atoms with Crippen molar-refractivity contribution in [2.24, 2.45) is 5.14 Å². The number of carbonyl (C=O) groups excluding carboxylic acids is 1. The van der Waals surface area contributed by atoms with Crippen LogP contribution in [0.25, 0.3) is 0 Å². The Bertz CT molecular complexity index is 838. The maximum atomic E-state index is 11.6. The molecule has 0 saturated carbocycles. The van der Waals surface area contributed by atoms with Crippen LogP contribution in [0.2, 0.25) is 0 Å². The van der Waals surface area contributed by atoms with Crippen LogP contribution in [0.4, 0.5) is 11.5 Å². The smallest absolute Gasteiger partial charge is 0.261 e. The molecule has 154 valence electrons. The molecular formula is C19H23BrN6OS2. The molecule has 1 amide bonds. The first-order valence-electron chi connectivity index (χ1n) is 8.79. The molecule has 0 atom stereocenters. The van der Waals surface area contributed by atoms with Crippen LogP contribution in [0.3, 0.4) is 0 Å². The van der Waals surface area contributed by atoms with Gasteiger partial charge >= 0.3 is 0 Å². The van der Waals surface area contributed by atoms with Crippen LogP contribution in [0.5, 0.6) is 0 Å². The van der Waals surface area contributed by atoms with E-state index in [1.54, 1.807) is 6.20 Å². The number of hydrogen-bond donors (Lipinski definition) is 4. The Hall–Kier alpha value is -2.14. The van der Waals surface area contributed by atoms with Crippen molar-refractivity contribution in [3.05, 3.63) is 63.7 Å². The van der Waals surface area contributed by atoms with Crippen molar-refractivity contribution >= 4 is 56.6 Å². The van der Waals surface area contributed by atoms with E-state index in [-0.39, 0.29) is 5.91 Å². The number of nitrogens with zero attached hydrogens (tertiary/aromatic N) is 2. The summed E-state index contributed by atoms with van der Waals surface area (Å²) in [6.07, 6.45) is 4.01. The Labute approximate surface area is 187 Å². The second-order valence-electron chi connectivity index (χ2n) is 5.63. The normalized spacial score (nSPS) is 9.90. The zero-order chi connectivity index (χ0) is 20.9. The molecular weight excluding hydrogens is 472 g/mol. The summed E-state index contributed by atoms with van der Waals surface area (Å²) in [4.78, 5) is 21.5. The molecule has 5 N–H and O–H groups in total. The summed E-state index contributed by atoms with van der Waals surface area (Å²) in [5.74, 6) is 0.748. The molecule has 3 aromatic rings. The van der Waals surface area contributed by atoms with Crippen LogP contribution in [-0.2, 0) is 0 Å². The van der Waals surface area contributed by atoms with Gasteiger partial charge in [-0.25, -0.2) is 9.97 Å². The SMILES string of the molecule is CNc1ccc(SN)cc1.O=C(NCCCNc1ncncc1Br)c1cccs1. The fraction of sp³-hybridized carbons (Fsp3) is 0.211. The van der Waals surface area contributed by atoms with Crippen molar-refractivity contribution in [1.82, 2.24) is 15.3 Å². The molecule has 2 aromatic heterocycles. The van der Waals surface area contributed by atoms with E-state index >= 15 is 0 Å². The van der Waals surface area contributed by atoms with Gasteiger partial charge in [0, 0.05) is 36.9 Å². The third kappa shape index (κ3) is 8.40. The largest absolute Gasteiger partial charge is 0.388 e. The Morgan fingerprint density at radius 2 is 2.03 bits per heavy atom. The molecule has 1 aromatic carbocycles. The van der Waals surface area contributed by atoms with Crippen molar-refractivity contribution in [3.63, 3.8) is 0 Å². The number of thiophene rings is 1. The topological polar surface area (TPSA) is 105 Å². The number of anilines is 2. The molecule has 10 heteroatoms. The first-order valence-corrected chi connectivity index (χ1v) is 11.3. The first kappa shape index (κ1) is 23.1. The zero-order valence-electron chi connectivity index (χ0n) is 15.9. The number of aromatic nitrogens is 2. The van der Waals surface area contributed by atoms with E-state index in [0.29, 0.717) is 6.54 Å². The fourth-order valence-corrected chi connectivity index (χ4v) is 3.43. The predicted octanol–water partition coefficient (Wildman–Crippen LogP) is 4.23. The molecule has 2 heterocycles. The van der Waals surface area contributed by atoms with E-state index in [1.807, 2.05) is 48.8 Å². The van der Waals surface area contributed by atoms with E-state index < -0.39 is 0 Å². The molecule has 7 nitrogen and oxygen atoms in total. The Morgan fingerprint density at radius 3 is 2.66 bits per heavy atom. The van der Waals surface area contributed by atoms with Crippen molar-refractivity contribution in [3.8, 4) is 0 Å². The number of benzene rings is 1. The maximum absolute atomic E-state index is 11.6. The summed E-state index contributed by atoms with van der Waals surface area (Å²) in [7, 11) is 1.89. The van der Waals surface area contributed by atoms with Crippen molar-refractivity contribution < 1.29 is 4.79 Å². The Morgan fingerprint density at radius 1 is 1.24 bits per heavy atom. The van der Waals surface area contributed by atoms with Gasteiger partial charge in [0.05, 0.1) is 9.35 Å². The summed E-state index contributed by atoms with van der Waals surface area (Å²) in [5.41, 5.74) is 1.11. The third-order valence-electron chi connectivity index (χ3n) is 3.62. The van der Waals surface area contributed by atoms with E-state index in [2.05, 4.69) is 41.8 Å². The molecule has 29 heavy (non-hydrogen) atoms. The lowest BCUT2D eigenvalue weighted by Crippen LogP contribution is -2.25. The fourth-order valence-electron chi connectivity index (χ4n) is 2.13. The Kier molecular flexibility index (Phi) is 10.5. The van der Waals surface area contributed by atoms with E-state index in [9.17, 15) is 4.79 Å². The van der Waals surface area contributed by atoms with E-state index in [1.165, 1.54) is 29.6 Å². The maximum Gasteiger partial charge on any atom is 0.261 e. The van der Waals surface area contributed by atoms with Gasteiger partial charge in [0.1, 0.15) is 12.1 Å². The van der Waals surface area contributed by atoms with Crippen molar-refractivity contribution in [1.29, 1.82) is 0 Å². The zero-order valence-corrected chi connectivity index (χ0v) is 19.1. The summed E-state index contributed by atoms with van der Waals surface area (Å²) < 4.78 is 0.831. The highest BCUT2D eigenvalue weighted by atomic mass is 79.9. The molecule has 3 rings (SSSR count). The molecule has 0 spiro atoms. The lowest BCUT2D eigenvalue weighted by Gasteiger charge is -2.07. The minimum atomic E-state index is -0.0155. The summed E-state index contributed by atoms with van der Waals surface area (Å²) in [6, 6.07) is 11.6. The highest BCUT2D eigenvalue weighted by Gasteiger charge is 2.05. The van der Waals surface area contributed by atoms with Gasteiger partial charge in [-0.05, 0) is 70.0 Å². The lowest BCUT2D eigenvalue weighted by molar-refractivity contribution is 0.0957. The molecule has 0 unspecified atom stereocenters. The second-order valence-corrected chi connectivity index (χ2v) is 8.13. The van der Waals surface area contributed by atoms with Gasteiger partial charge in [-0.2, -0.15) is 0 Å². The average Bonchev–Trinajstić information content (AvgIpc) is 3.30. The van der Waals surface area contributed by atoms with Crippen LogP contribution >= 0.6 is 39.2 Å². The highest BCUT2D eigenvalue weighted by molar-refractivity contribution is 9.10. The monoisotopic (exact) mass is 494 g/mol. The van der Waals surface area contributed by atoms with Crippen LogP contribution < -0.4 is 21.1 Å². The molecule has 0 fully saturated rings. The molecule has 0 aliphatic carbocycles. The number of halogens is 1. The van der Waals surface area contributed by atoms with Crippen LogP contribution in [0.1, 0.15) is 16.1 Å². The van der Waals surface area contributed by atoms with E-state index in [0.717, 1.165) is 38.7 Å². The predicted molar refractivity (Wildman–Crippen MR) is 126 cm³/mol.